The van der Waals surface area contributed by atoms with E-state index in [1.807, 2.05) is 45.9 Å². The van der Waals surface area contributed by atoms with Gasteiger partial charge >= 0.3 is 0 Å². The Bertz CT molecular complexity index is 3010. The van der Waals surface area contributed by atoms with E-state index in [1.165, 1.54) is 85.4 Å². The number of carbonyl (C=O) groups is 12. The quantitative estimate of drug-likeness (QED) is 0.151. The molecule has 0 spiro atoms. The number of hydrogen-bond donors (Lipinski definition) is 5. The molecule has 0 radical (unpaired) electrons. The maximum atomic E-state index is 15.2. The summed E-state index contributed by atoms with van der Waals surface area (Å²) in [6.07, 6.45) is 2.21. The molecule has 1 aliphatic carbocycles. The molecule has 512 valence electrons. The van der Waals surface area contributed by atoms with E-state index in [2.05, 4.69) is 21.3 Å². The molecular weight excluding hydrogens is 1190 g/mol. The predicted octanol–water partition coefficient (Wildman–Crippen LogP) is 2.86. The SMILES string of the molecule is CC(C)C[C@@H]1NC(=O)[C@@H]2CCCN2C(=O)C(Cc2ccccc2)N(C)C(=O)[C@H](C)N(C)C(=O)[C@H]([C@@H](C)O)NC(=O)[C@@H](C(C)C)NC(=O)C[C@@H](C(=O)C2CCCCC2)NC(=O)[C@H](CC(C)C)N(C)C(=O)[C@H](C)N(C)C(=O)[C@H](Cc2ccccc2)N2C(=O)[C@@H](C2C)N(C)C1=O. The van der Waals surface area contributed by atoms with Gasteiger partial charge in [-0.3, -0.25) is 57.5 Å². The molecule has 11 amide bonds. The highest BCUT2D eigenvalue weighted by Crippen LogP contribution is 2.32. The maximum Gasteiger partial charge on any atom is 0.248 e. The van der Waals surface area contributed by atoms with Crippen LogP contribution in [0.25, 0.3) is 0 Å². The molecule has 13 atom stereocenters. The third kappa shape index (κ3) is 17.9. The average molecular weight is 1290 g/mol. The van der Waals surface area contributed by atoms with Gasteiger partial charge in [0.15, 0.2) is 5.78 Å². The van der Waals surface area contributed by atoms with Crippen LogP contribution in [0.4, 0.5) is 0 Å². The lowest BCUT2D eigenvalue weighted by atomic mass is 9.83. The Morgan fingerprint density at radius 2 is 1.03 bits per heavy atom. The van der Waals surface area contributed by atoms with Crippen molar-refractivity contribution >= 4 is 70.8 Å². The van der Waals surface area contributed by atoms with Gasteiger partial charge < -0.3 is 60.7 Å². The number of fused-ring (bicyclic) bond motifs is 27. The average Bonchev–Trinajstić information content (AvgIpc) is 1.01. The van der Waals surface area contributed by atoms with Gasteiger partial charge in [0, 0.05) is 60.5 Å². The monoisotopic (exact) mass is 1290 g/mol. The molecular formula is C69H103N11O13. The number of carbonyl (C=O) groups excluding carboxylic acids is 12. The second-order valence-corrected chi connectivity index (χ2v) is 27.5. The minimum Gasteiger partial charge on any atom is -0.391 e. The number of likely N-dealkylation sites (N-methyl/N-ethyl adjacent to an activating group) is 5. The Kier molecular flexibility index (Phi) is 26.3. The zero-order valence-corrected chi connectivity index (χ0v) is 57.3. The van der Waals surface area contributed by atoms with Gasteiger partial charge in [-0.25, -0.2) is 0 Å². The van der Waals surface area contributed by atoms with Crippen molar-refractivity contribution in [2.75, 3.05) is 41.8 Å². The molecule has 5 aliphatic rings. The van der Waals surface area contributed by atoms with Crippen LogP contribution < -0.4 is 21.3 Å². The molecule has 93 heavy (non-hydrogen) atoms. The summed E-state index contributed by atoms with van der Waals surface area (Å²) in [5.74, 6) is -9.42. The normalized spacial score (nSPS) is 28.7. The van der Waals surface area contributed by atoms with Gasteiger partial charge in [0.1, 0.15) is 60.4 Å². The van der Waals surface area contributed by atoms with Gasteiger partial charge in [-0.05, 0) is 95.1 Å². The molecule has 2 aromatic carbocycles. The van der Waals surface area contributed by atoms with Crippen LogP contribution in [0.15, 0.2) is 60.7 Å². The number of nitrogens with one attached hydrogen (secondary N) is 4. The molecule has 1 saturated carbocycles. The van der Waals surface area contributed by atoms with Crippen molar-refractivity contribution in [3.63, 3.8) is 0 Å². The van der Waals surface area contributed by atoms with E-state index in [9.17, 15) is 53.1 Å². The zero-order chi connectivity index (χ0) is 69.0. The van der Waals surface area contributed by atoms with Gasteiger partial charge in [-0.15, -0.1) is 0 Å². The first-order valence-corrected chi connectivity index (χ1v) is 33.2. The van der Waals surface area contributed by atoms with Crippen LogP contribution >= 0.6 is 0 Å². The van der Waals surface area contributed by atoms with E-state index in [1.54, 1.807) is 63.2 Å². The Balaban J connectivity index is 1.42. The number of benzene rings is 2. The minimum atomic E-state index is -1.66. The van der Waals surface area contributed by atoms with E-state index in [-0.39, 0.29) is 50.5 Å². The molecule has 24 nitrogen and oxygen atoms in total. The summed E-state index contributed by atoms with van der Waals surface area (Å²) < 4.78 is 0. The van der Waals surface area contributed by atoms with Gasteiger partial charge in [0.25, 0.3) is 0 Å². The van der Waals surface area contributed by atoms with Crippen LogP contribution in [0.1, 0.15) is 145 Å². The summed E-state index contributed by atoms with van der Waals surface area (Å²) in [6.45, 7) is 16.8. The minimum absolute atomic E-state index is 0.00122. The number of Topliss-reactive ketones (excluding diaryl/α,β-unsaturated/α-hetero) is 1. The van der Waals surface area contributed by atoms with E-state index in [0.29, 0.717) is 30.4 Å². The first kappa shape index (κ1) is 74.3. The summed E-state index contributed by atoms with van der Waals surface area (Å²) in [5, 5.41) is 22.2. The van der Waals surface area contributed by atoms with Crippen LogP contribution in [0.5, 0.6) is 0 Å². The van der Waals surface area contributed by atoms with Crippen molar-refractivity contribution in [1.82, 2.24) is 55.6 Å². The van der Waals surface area contributed by atoms with Gasteiger partial charge in [0.05, 0.1) is 24.6 Å². The van der Waals surface area contributed by atoms with E-state index in [4.69, 9.17) is 0 Å². The van der Waals surface area contributed by atoms with Crippen LogP contribution in [-0.2, 0) is 70.4 Å². The van der Waals surface area contributed by atoms with Crippen LogP contribution in [-0.4, -0.2) is 231 Å². The summed E-state index contributed by atoms with van der Waals surface area (Å²) >= 11 is 0. The number of aliphatic hydroxyl groups excluding tert-OH is 1. The standard InChI is InChI=1S/C69H103N11O13/c1-39(2)34-50-65(89)78(15)58-42(7)80(69(58)93)54(37-47-28-21-17-22-29-47)66(90)74(11)43(8)63(87)76(13)52(35-40(3)4)61(85)70-49(59(83)48-30-23-18-24-31-48)38-55(82)72-56(41(5)6)62(86)73-57(45(10)81)68(92)75(12)44(9)64(88)77(14)53(36-46-26-19-16-20-27-46)67(91)79-33-25-32-51(79)60(84)71-50/h16-17,19-22,26-29,39-45,48-54,56-58,81H,18,23-25,30-38H2,1-15H3,(H,70,85)(H,71,84)(H,72,82)(H,73,86)/t42?,43-,44-,45+,49-,50-,51-,52-,53?,54-,56+,57-,58+/m0/s1. The molecule has 5 fully saturated rings. The molecule has 2 aromatic rings. The smallest absolute Gasteiger partial charge is 0.248 e. The third-order valence-corrected chi connectivity index (χ3v) is 19.3. The van der Waals surface area contributed by atoms with Crippen LogP contribution in [0, 0.1) is 23.7 Å². The molecule has 0 aromatic heterocycles. The third-order valence-electron chi connectivity index (χ3n) is 19.3. The molecule has 2 unspecified atom stereocenters. The van der Waals surface area contributed by atoms with Crippen molar-refractivity contribution in [1.29, 1.82) is 0 Å². The fourth-order valence-electron chi connectivity index (χ4n) is 13.5. The number of ketones is 1. The number of nitrogens with zero attached hydrogens (tertiary/aromatic N) is 7. The van der Waals surface area contributed by atoms with E-state index < -0.39 is 168 Å². The largest absolute Gasteiger partial charge is 0.391 e. The number of rotatable bonds is 12. The maximum absolute atomic E-state index is 15.2. The molecule has 2 bridgehead atoms. The second-order valence-electron chi connectivity index (χ2n) is 27.5. The number of hydrogen-bond acceptors (Lipinski definition) is 13. The molecule has 4 heterocycles. The summed E-state index contributed by atoms with van der Waals surface area (Å²) in [6, 6.07) is 3.29. The Labute approximate surface area is 549 Å². The topological polar surface area (TPSA) is 296 Å². The van der Waals surface area contributed by atoms with Crippen molar-refractivity contribution in [2.24, 2.45) is 23.7 Å². The van der Waals surface area contributed by atoms with Crippen molar-refractivity contribution < 1.29 is 62.6 Å². The number of β-lactam (4-membered cyclic amide) rings is 1. The first-order chi connectivity index (χ1) is 43.8. The highest BCUT2D eigenvalue weighted by Gasteiger charge is 2.54. The molecule has 4 aliphatic heterocycles. The lowest BCUT2D eigenvalue weighted by molar-refractivity contribution is -0.172. The second kappa shape index (κ2) is 32.9. The molecule has 5 N–H and O–H groups in total. The van der Waals surface area contributed by atoms with E-state index in [0.717, 1.165) is 24.2 Å². The summed E-state index contributed by atoms with van der Waals surface area (Å²) in [5.41, 5.74) is 1.39. The van der Waals surface area contributed by atoms with E-state index >= 15 is 9.59 Å². The Hall–Kier alpha value is -7.76. The predicted molar refractivity (Wildman–Crippen MR) is 349 cm³/mol. The Morgan fingerprint density at radius 1 is 0.505 bits per heavy atom. The van der Waals surface area contributed by atoms with Crippen molar-refractivity contribution in [2.45, 2.75) is 225 Å². The lowest BCUT2D eigenvalue weighted by Crippen LogP contribution is -2.75. The van der Waals surface area contributed by atoms with Crippen molar-refractivity contribution in [3.05, 3.63) is 71.8 Å². The zero-order valence-electron chi connectivity index (χ0n) is 57.3. The highest BCUT2D eigenvalue weighted by atomic mass is 16.3. The first-order valence-electron chi connectivity index (χ1n) is 33.2. The molecule has 4 saturated heterocycles. The van der Waals surface area contributed by atoms with Gasteiger partial charge in [-0.1, -0.05) is 121 Å². The summed E-state index contributed by atoms with van der Waals surface area (Å²) in [7, 11) is 7.07. The Morgan fingerprint density at radius 3 is 1.55 bits per heavy atom. The highest BCUT2D eigenvalue weighted by molar-refractivity contribution is 6.02. The summed E-state index contributed by atoms with van der Waals surface area (Å²) in [4.78, 5) is 186. The fourth-order valence-corrected chi connectivity index (χ4v) is 13.5. The molecule has 7 rings (SSSR count). The molecule has 24 heteroatoms. The lowest BCUT2D eigenvalue weighted by Gasteiger charge is -2.52. The van der Waals surface area contributed by atoms with Crippen LogP contribution in [0.3, 0.4) is 0 Å². The number of aliphatic hydroxyl groups is 1. The fraction of sp³-hybridized carbons (Fsp3) is 0.652. The van der Waals surface area contributed by atoms with Gasteiger partial charge in [-0.2, -0.15) is 0 Å². The van der Waals surface area contributed by atoms with Crippen molar-refractivity contribution in [3.8, 4) is 0 Å². The van der Waals surface area contributed by atoms with Gasteiger partial charge in [0.2, 0.25) is 65.0 Å². The van der Waals surface area contributed by atoms with Crippen LogP contribution in [0.2, 0.25) is 0 Å². The number of amides is 11.